The first kappa shape index (κ1) is 23.9. The zero-order valence-electron chi connectivity index (χ0n) is 18.1. The maximum Gasteiger partial charge on any atom is 0.416 e. The van der Waals surface area contributed by atoms with Gasteiger partial charge in [-0.3, -0.25) is 9.10 Å². The Morgan fingerprint density at radius 1 is 1.03 bits per heavy atom. The molecule has 0 unspecified atom stereocenters. The van der Waals surface area contributed by atoms with Gasteiger partial charge >= 0.3 is 6.18 Å². The molecule has 0 radical (unpaired) electrons. The van der Waals surface area contributed by atoms with Crippen LogP contribution in [0, 0.1) is 6.92 Å². The normalized spacial score (nSPS) is 16.1. The highest BCUT2D eigenvalue weighted by atomic mass is 32.2. The largest absolute Gasteiger partial charge is 0.416 e. The third kappa shape index (κ3) is 5.35. The van der Waals surface area contributed by atoms with Crippen molar-refractivity contribution in [3.63, 3.8) is 0 Å². The van der Waals surface area contributed by atoms with Crippen LogP contribution in [0.2, 0.25) is 0 Å². The molecule has 1 amide bonds. The molecule has 10 heteroatoms. The predicted molar refractivity (Wildman–Crippen MR) is 118 cm³/mol. The number of hydrogen-bond acceptors (Lipinski definition) is 4. The van der Waals surface area contributed by atoms with E-state index in [-0.39, 0.29) is 19.0 Å². The van der Waals surface area contributed by atoms with Crippen molar-refractivity contribution < 1.29 is 26.4 Å². The van der Waals surface area contributed by atoms with Crippen LogP contribution in [0.25, 0.3) is 0 Å². The summed E-state index contributed by atoms with van der Waals surface area (Å²) < 4.78 is 65.0. The summed E-state index contributed by atoms with van der Waals surface area (Å²) in [6.07, 6.45) is -3.36. The number of alkyl halides is 3. The number of amides is 1. The number of carbonyl (C=O) groups excluding carboxylic acids is 1. The molecule has 0 N–H and O–H groups in total. The second-order valence-corrected chi connectivity index (χ2v) is 9.79. The van der Waals surface area contributed by atoms with E-state index in [1.54, 1.807) is 47.1 Å². The fraction of sp³-hybridized carbons (Fsp3) is 0.409. The van der Waals surface area contributed by atoms with Crippen LogP contribution in [0.15, 0.2) is 48.5 Å². The topological polar surface area (TPSA) is 60.9 Å². The lowest BCUT2D eigenvalue weighted by Gasteiger charge is -2.39. The number of anilines is 2. The first-order chi connectivity index (χ1) is 14.9. The van der Waals surface area contributed by atoms with Crippen molar-refractivity contribution in [2.75, 3.05) is 41.6 Å². The van der Waals surface area contributed by atoms with Crippen molar-refractivity contribution in [2.24, 2.45) is 0 Å². The molecule has 0 aliphatic carbocycles. The van der Waals surface area contributed by atoms with Crippen LogP contribution in [-0.2, 0) is 21.0 Å². The van der Waals surface area contributed by atoms with Crippen LogP contribution in [0.4, 0.5) is 24.5 Å². The number of piperazine rings is 1. The number of rotatable bonds is 5. The lowest BCUT2D eigenvalue weighted by Crippen LogP contribution is -2.55. The quantitative estimate of drug-likeness (QED) is 0.673. The molecule has 0 spiro atoms. The monoisotopic (exact) mass is 469 g/mol. The Kier molecular flexibility index (Phi) is 6.73. The fourth-order valence-corrected chi connectivity index (χ4v) is 4.99. The predicted octanol–water partition coefficient (Wildman–Crippen LogP) is 3.52. The van der Waals surface area contributed by atoms with Crippen LogP contribution in [-0.4, -0.2) is 57.7 Å². The Bertz CT molecular complexity index is 1060. The lowest BCUT2D eigenvalue weighted by molar-refractivity contribution is -0.137. The van der Waals surface area contributed by atoms with Crippen molar-refractivity contribution in [3.05, 3.63) is 59.7 Å². The molecule has 32 heavy (non-hydrogen) atoms. The molecule has 1 aliphatic rings. The van der Waals surface area contributed by atoms with E-state index in [0.717, 1.165) is 28.3 Å². The minimum atomic E-state index is -4.42. The standard InChI is InChI=1S/C22H26F3N3O3S/c1-16-7-9-19(10-8-16)28(32(3,30)31)17(2)21(29)27-13-11-26(12-14-27)20-6-4-5-18(15-20)22(23,24)25/h4-10,15,17H,11-14H2,1-3H3/t17-/m1/s1. The molecule has 3 rings (SSSR count). The van der Waals surface area contributed by atoms with Crippen LogP contribution in [0.3, 0.4) is 0 Å². The van der Waals surface area contributed by atoms with Crippen molar-refractivity contribution in [1.29, 1.82) is 0 Å². The van der Waals surface area contributed by atoms with Gasteiger partial charge in [-0.05, 0) is 44.2 Å². The summed E-state index contributed by atoms with van der Waals surface area (Å²) in [6.45, 7) is 4.69. The first-order valence-electron chi connectivity index (χ1n) is 10.1. The van der Waals surface area contributed by atoms with Gasteiger partial charge in [0.05, 0.1) is 17.5 Å². The number of halogens is 3. The molecular formula is C22H26F3N3O3S. The molecule has 1 fully saturated rings. The summed E-state index contributed by atoms with van der Waals surface area (Å²) in [6, 6.07) is 11.0. The average molecular weight is 470 g/mol. The molecule has 1 heterocycles. The number of hydrogen-bond donors (Lipinski definition) is 0. The Labute approximate surface area is 186 Å². The Hall–Kier alpha value is -2.75. The van der Waals surface area contributed by atoms with Gasteiger partial charge in [0.2, 0.25) is 15.9 Å². The second kappa shape index (κ2) is 9.01. The zero-order valence-corrected chi connectivity index (χ0v) is 18.9. The molecule has 1 aliphatic heterocycles. The zero-order chi connectivity index (χ0) is 23.7. The van der Waals surface area contributed by atoms with Gasteiger partial charge in [0.15, 0.2) is 0 Å². The number of aryl methyl sites for hydroxylation is 1. The van der Waals surface area contributed by atoms with Gasteiger partial charge in [-0.25, -0.2) is 8.42 Å². The molecule has 0 aromatic heterocycles. The molecule has 2 aromatic carbocycles. The molecule has 1 saturated heterocycles. The fourth-order valence-electron chi connectivity index (χ4n) is 3.82. The highest BCUT2D eigenvalue weighted by Gasteiger charge is 2.34. The minimum Gasteiger partial charge on any atom is -0.368 e. The summed E-state index contributed by atoms with van der Waals surface area (Å²) >= 11 is 0. The Morgan fingerprint density at radius 3 is 2.16 bits per heavy atom. The third-order valence-electron chi connectivity index (χ3n) is 5.48. The summed E-state index contributed by atoms with van der Waals surface area (Å²) in [7, 11) is -3.72. The van der Waals surface area contributed by atoms with Gasteiger partial charge in [0.1, 0.15) is 6.04 Å². The summed E-state index contributed by atoms with van der Waals surface area (Å²) in [5, 5.41) is 0. The molecule has 174 valence electrons. The minimum absolute atomic E-state index is 0.283. The highest BCUT2D eigenvalue weighted by molar-refractivity contribution is 7.92. The van der Waals surface area contributed by atoms with E-state index in [2.05, 4.69) is 0 Å². The molecule has 2 aromatic rings. The van der Waals surface area contributed by atoms with Gasteiger partial charge in [-0.2, -0.15) is 13.2 Å². The van der Waals surface area contributed by atoms with Crippen LogP contribution in [0.5, 0.6) is 0 Å². The number of nitrogens with zero attached hydrogens (tertiary/aromatic N) is 3. The van der Waals surface area contributed by atoms with Gasteiger partial charge in [-0.1, -0.05) is 23.8 Å². The van der Waals surface area contributed by atoms with E-state index in [1.165, 1.54) is 6.07 Å². The van der Waals surface area contributed by atoms with Crippen LogP contribution < -0.4 is 9.21 Å². The second-order valence-electron chi connectivity index (χ2n) is 7.93. The van der Waals surface area contributed by atoms with Crippen LogP contribution >= 0.6 is 0 Å². The van der Waals surface area contributed by atoms with Gasteiger partial charge < -0.3 is 9.80 Å². The van der Waals surface area contributed by atoms with Gasteiger partial charge in [0.25, 0.3) is 0 Å². The lowest BCUT2D eigenvalue weighted by atomic mass is 10.1. The summed E-state index contributed by atoms with van der Waals surface area (Å²) in [5.41, 5.74) is 1.09. The molecular weight excluding hydrogens is 443 g/mol. The van der Waals surface area contributed by atoms with E-state index >= 15 is 0 Å². The highest BCUT2D eigenvalue weighted by Crippen LogP contribution is 2.32. The van der Waals surface area contributed by atoms with Crippen LogP contribution in [0.1, 0.15) is 18.1 Å². The van der Waals surface area contributed by atoms with Gasteiger partial charge in [0, 0.05) is 31.9 Å². The summed E-state index contributed by atoms with van der Waals surface area (Å²) in [4.78, 5) is 16.5. The van der Waals surface area contributed by atoms with Crippen molar-refractivity contribution in [2.45, 2.75) is 26.1 Å². The van der Waals surface area contributed by atoms with Gasteiger partial charge in [-0.15, -0.1) is 0 Å². The molecule has 6 nitrogen and oxygen atoms in total. The molecule has 1 atom stereocenters. The number of sulfonamides is 1. The van der Waals surface area contributed by atoms with E-state index < -0.39 is 27.8 Å². The number of carbonyl (C=O) groups is 1. The Morgan fingerprint density at radius 2 is 1.62 bits per heavy atom. The average Bonchev–Trinajstić information content (AvgIpc) is 2.73. The maximum atomic E-state index is 13.1. The maximum absolute atomic E-state index is 13.1. The molecule has 0 bridgehead atoms. The van der Waals surface area contributed by atoms with E-state index in [0.29, 0.717) is 24.5 Å². The van der Waals surface area contributed by atoms with E-state index in [9.17, 15) is 26.4 Å². The smallest absolute Gasteiger partial charge is 0.368 e. The Balaban J connectivity index is 1.72. The van der Waals surface area contributed by atoms with Crippen molar-refractivity contribution in [3.8, 4) is 0 Å². The summed E-state index contributed by atoms with van der Waals surface area (Å²) in [5.74, 6) is -0.348. The van der Waals surface area contributed by atoms with E-state index in [4.69, 9.17) is 0 Å². The third-order valence-corrected chi connectivity index (χ3v) is 6.73. The van der Waals surface area contributed by atoms with Crippen molar-refractivity contribution >= 4 is 27.3 Å². The SMILES string of the molecule is Cc1ccc(N([C@H](C)C(=O)N2CCN(c3cccc(C(F)(F)F)c3)CC2)S(C)(=O)=O)cc1. The van der Waals surface area contributed by atoms with Crippen molar-refractivity contribution in [1.82, 2.24) is 4.90 Å². The van der Waals surface area contributed by atoms with E-state index in [1.807, 2.05) is 6.92 Å². The number of benzene rings is 2. The molecule has 0 saturated carbocycles. The first-order valence-corrected chi connectivity index (χ1v) is 12.0.